The van der Waals surface area contributed by atoms with Gasteiger partial charge in [0, 0.05) is 22.9 Å². The number of aromatic nitrogens is 2. The van der Waals surface area contributed by atoms with E-state index in [2.05, 4.69) is 5.10 Å². The van der Waals surface area contributed by atoms with Gasteiger partial charge in [0.25, 0.3) is 0 Å². The summed E-state index contributed by atoms with van der Waals surface area (Å²) in [5.74, 6) is -0.338. The smallest absolute Gasteiger partial charge is 0.305 e. The average molecular weight is 376 g/mol. The number of carboxylic acids is 1. The van der Waals surface area contributed by atoms with E-state index >= 15 is 0 Å². The zero-order chi connectivity index (χ0) is 19.9. The molecule has 0 aliphatic carbocycles. The van der Waals surface area contributed by atoms with Crippen LogP contribution in [0.4, 0.5) is 0 Å². The number of hydrogen-bond donors (Lipinski definition) is 1. The number of ether oxygens (including phenoxy) is 1. The zero-order valence-corrected chi connectivity index (χ0v) is 15.4. The molecule has 1 heterocycles. The Kier molecular flexibility index (Phi) is 6.01. The Morgan fingerprint density at radius 1 is 1.11 bits per heavy atom. The van der Waals surface area contributed by atoms with Crippen molar-refractivity contribution in [3.05, 3.63) is 78.0 Å². The molecule has 0 aliphatic rings. The van der Waals surface area contributed by atoms with Crippen LogP contribution in [0.3, 0.4) is 0 Å². The molecule has 6 heteroatoms. The van der Waals surface area contributed by atoms with Crippen LogP contribution in [0.15, 0.2) is 66.9 Å². The number of rotatable bonds is 8. The van der Waals surface area contributed by atoms with Crippen LogP contribution >= 0.6 is 0 Å². The number of aliphatic carboxylic acids is 1. The third kappa shape index (κ3) is 4.73. The molecule has 3 rings (SSSR count). The molecule has 2 aromatic carbocycles. The second-order valence-electron chi connectivity index (χ2n) is 6.13. The average Bonchev–Trinajstić information content (AvgIpc) is 3.14. The summed E-state index contributed by atoms with van der Waals surface area (Å²) < 4.78 is 6.69. The molecule has 0 saturated heterocycles. The number of hydrogen-bond acceptors (Lipinski definition) is 4. The normalized spacial score (nSPS) is 10.9. The molecule has 0 bridgehead atoms. The van der Waals surface area contributed by atoms with Gasteiger partial charge in [-0.05, 0) is 36.4 Å². The number of aryl methyl sites for hydroxylation is 1. The van der Waals surface area contributed by atoms with E-state index in [4.69, 9.17) is 9.84 Å². The summed E-state index contributed by atoms with van der Waals surface area (Å²) in [5, 5.41) is 13.4. The van der Waals surface area contributed by atoms with Crippen LogP contribution in [0.1, 0.15) is 22.3 Å². The van der Waals surface area contributed by atoms with Gasteiger partial charge in [0.15, 0.2) is 5.78 Å². The van der Waals surface area contributed by atoms with Crippen molar-refractivity contribution >= 4 is 17.8 Å². The maximum Gasteiger partial charge on any atom is 0.305 e. The van der Waals surface area contributed by atoms with Crippen molar-refractivity contribution in [2.24, 2.45) is 0 Å². The monoisotopic (exact) mass is 376 g/mol. The van der Waals surface area contributed by atoms with Gasteiger partial charge in [-0.25, -0.2) is 0 Å². The Morgan fingerprint density at radius 2 is 1.82 bits per heavy atom. The Morgan fingerprint density at radius 3 is 2.46 bits per heavy atom. The number of methoxy groups -OCH3 is 1. The van der Waals surface area contributed by atoms with E-state index in [1.54, 1.807) is 48.3 Å². The fourth-order valence-corrected chi connectivity index (χ4v) is 2.72. The van der Waals surface area contributed by atoms with Gasteiger partial charge in [0.05, 0.1) is 25.8 Å². The minimum Gasteiger partial charge on any atom is -0.497 e. The van der Waals surface area contributed by atoms with Gasteiger partial charge in [0.2, 0.25) is 0 Å². The van der Waals surface area contributed by atoms with Gasteiger partial charge in [0.1, 0.15) is 5.75 Å². The van der Waals surface area contributed by atoms with E-state index < -0.39 is 5.97 Å². The SMILES string of the molecule is COc1ccc(C(=O)/C=C/c2cn(CCC(=O)O)nc2-c2ccccc2)cc1. The first kappa shape index (κ1) is 19.1. The Labute approximate surface area is 162 Å². The first-order valence-corrected chi connectivity index (χ1v) is 8.78. The molecule has 28 heavy (non-hydrogen) atoms. The highest BCUT2D eigenvalue weighted by molar-refractivity contribution is 6.07. The molecule has 0 radical (unpaired) electrons. The first-order chi connectivity index (χ1) is 13.6. The van der Waals surface area contributed by atoms with E-state index in [1.165, 1.54) is 6.08 Å². The Balaban J connectivity index is 1.87. The highest BCUT2D eigenvalue weighted by Crippen LogP contribution is 2.23. The second-order valence-corrected chi connectivity index (χ2v) is 6.13. The van der Waals surface area contributed by atoms with Crippen molar-refractivity contribution in [2.45, 2.75) is 13.0 Å². The molecule has 0 unspecified atom stereocenters. The fourth-order valence-electron chi connectivity index (χ4n) is 2.72. The molecule has 142 valence electrons. The summed E-state index contributed by atoms with van der Waals surface area (Å²) in [4.78, 5) is 23.3. The van der Waals surface area contributed by atoms with E-state index in [-0.39, 0.29) is 18.7 Å². The number of carbonyl (C=O) groups is 2. The lowest BCUT2D eigenvalue weighted by molar-refractivity contribution is -0.137. The van der Waals surface area contributed by atoms with Gasteiger partial charge in [-0.2, -0.15) is 5.10 Å². The van der Waals surface area contributed by atoms with Gasteiger partial charge >= 0.3 is 5.97 Å². The topological polar surface area (TPSA) is 81.4 Å². The third-order valence-corrected chi connectivity index (χ3v) is 4.18. The minimum absolute atomic E-state index is 0.0240. The van der Waals surface area contributed by atoms with Crippen LogP contribution < -0.4 is 4.74 Å². The van der Waals surface area contributed by atoms with E-state index in [0.717, 1.165) is 11.1 Å². The van der Waals surface area contributed by atoms with Crippen LogP contribution in [-0.2, 0) is 11.3 Å². The molecule has 0 amide bonds. The number of ketones is 1. The lowest BCUT2D eigenvalue weighted by Gasteiger charge is -2.00. The number of allylic oxidation sites excluding steroid dienone is 1. The summed E-state index contributed by atoms with van der Waals surface area (Å²) in [6.45, 7) is 0.259. The number of carbonyl (C=O) groups excluding carboxylic acids is 1. The summed E-state index contributed by atoms with van der Waals surface area (Å²) in [6.07, 6.45) is 4.93. The highest BCUT2D eigenvalue weighted by Gasteiger charge is 2.11. The van der Waals surface area contributed by atoms with Crippen molar-refractivity contribution in [3.63, 3.8) is 0 Å². The van der Waals surface area contributed by atoms with Gasteiger partial charge in [-0.3, -0.25) is 14.3 Å². The van der Waals surface area contributed by atoms with Crippen LogP contribution in [0.5, 0.6) is 5.75 Å². The molecular formula is C22H20N2O4. The number of nitrogens with zero attached hydrogens (tertiary/aromatic N) is 2. The number of benzene rings is 2. The second kappa shape index (κ2) is 8.81. The van der Waals surface area contributed by atoms with Crippen LogP contribution in [0, 0.1) is 0 Å². The number of carboxylic acid groups (broad SMARTS) is 1. The standard InChI is InChI=1S/C22H20N2O4/c1-28-19-10-7-16(8-11-19)20(25)12-9-18-15-24(14-13-21(26)27)23-22(18)17-5-3-2-4-6-17/h2-12,15H,13-14H2,1H3,(H,26,27)/b12-9+. The van der Waals surface area contributed by atoms with Gasteiger partial charge in [-0.1, -0.05) is 30.3 Å². The molecule has 0 saturated carbocycles. The fraction of sp³-hybridized carbons (Fsp3) is 0.136. The Bertz CT molecular complexity index is 989. The summed E-state index contributed by atoms with van der Waals surface area (Å²) in [7, 11) is 1.57. The van der Waals surface area contributed by atoms with Crippen molar-refractivity contribution in [2.75, 3.05) is 7.11 Å². The van der Waals surface area contributed by atoms with Crippen molar-refractivity contribution in [3.8, 4) is 17.0 Å². The third-order valence-electron chi connectivity index (χ3n) is 4.18. The van der Waals surface area contributed by atoms with Crippen LogP contribution in [-0.4, -0.2) is 33.7 Å². The van der Waals surface area contributed by atoms with Crippen molar-refractivity contribution in [1.29, 1.82) is 0 Å². The van der Waals surface area contributed by atoms with Gasteiger partial charge < -0.3 is 9.84 Å². The summed E-state index contributed by atoms with van der Waals surface area (Å²) in [6, 6.07) is 16.5. The summed E-state index contributed by atoms with van der Waals surface area (Å²) in [5.41, 5.74) is 2.90. The van der Waals surface area contributed by atoms with E-state index in [0.29, 0.717) is 17.0 Å². The molecule has 0 fully saturated rings. The lowest BCUT2D eigenvalue weighted by atomic mass is 10.1. The quantitative estimate of drug-likeness (QED) is 0.476. The maximum atomic E-state index is 12.5. The minimum atomic E-state index is -0.886. The largest absolute Gasteiger partial charge is 0.497 e. The van der Waals surface area contributed by atoms with Crippen molar-refractivity contribution < 1.29 is 19.4 Å². The first-order valence-electron chi connectivity index (χ1n) is 8.78. The maximum absolute atomic E-state index is 12.5. The molecule has 0 aliphatic heterocycles. The molecule has 0 atom stereocenters. The van der Waals surface area contributed by atoms with Crippen LogP contribution in [0.25, 0.3) is 17.3 Å². The molecular weight excluding hydrogens is 356 g/mol. The lowest BCUT2D eigenvalue weighted by Crippen LogP contribution is -2.04. The molecule has 1 aromatic heterocycles. The predicted molar refractivity (Wildman–Crippen MR) is 106 cm³/mol. The Hall–Kier alpha value is -3.67. The highest BCUT2D eigenvalue weighted by atomic mass is 16.5. The predicted octanol–water partition coefficient (Wildman–Crippen LogP) is 3.93. The molecule has 6 nitrogen and oxygen atoms in total. The van der Waals surface area contributed by atoms with Crippen molar-refractivity contribution in [1.82, 2.24) is 9.78 Å². The molecule has 1 N–H and O–H groups in total. The van der Waals surface area contributed by atoms with Gasteiger partial charge in [-0.15, -0.1) is 0 Å². The van der Waals surface area contributed by atoms with E-state index in [9.17, 15) is 9.59 Å². The summed E-state index contributed by atoms with van der Waals surface area (Å²) >= 11 is 0. The van der Waals surface area contributed by atoms with E-state index in [1.807, 2.05) is 30.3 Å². The molecule has 3 aromatic rings. The zero-order valence-electron chi connectivity index (χ0n) is 15.4. The molecule has 0 spiro atoms. The van der Waals surface area contributed by atoms with Crippen LogP contribution in [0.2, 0.25) is 0 Å².